The van der Waals surface area contributed by atoms with Crippen molar-refractivity contribution < 1.29 is 22.8 Å². The van der Waals surface area contributed by atoms with Crippen LogP contribution in [0.4, 0.5) is 24.7 Å². The first-order valence-corrected chi connectivity index (χ1v) is 11.2. The number of fused-ring (bicyclic) bond motifs is 1. The lowest BCUT2D eigenvalue weighted by Crippen LogP contribution is -2.44. The number of aromatic nitrogens is 2. The monoisotopic (exact) mass is 480 g/mol. The number of rotatable bonds is 5. The number of nitrogens with zero attached hydrogens (tertiary/aromatic N) is 4. The quantitative estimate of drug-likeness (QED) is 0.585. The van der Waals surface area contributed by atoms with Gasteiger partial charge in [-0.05, 0) is 31.3 Å². The number of amides is 2. The first-order chi connectivity index (χ1) is 15.6. The van der Waals surface area contributed by atoms with Crippen LogP contribution in [-0.4, -0.2) is 59.3 Å². The Balaban J connectivity index is 1.62. The number of likely N-dealkylation sites (N-methyl/N-ethyl adjacent to an activating group) is 1. The van der Waals surface area contributed by atoms with Gasteiger partial charge in [0.05, 0.1) is 0 Å². The van der Waals surface area contributed by atoms with Crippen LogP contribution in [0.25, 0.3) is 4.83 Å². The van der Waals surface area contributed by atoms with Gasteiger partial charge in [0.2, 0.25) is 0 Å². The molecule has 33 heavy (non-hydrogen) atoms. The number of nitrogens with two attached hydrogens (primary N) is 1. The van der Waals surface area contributed by atoms with Crippen molar-refractivity contribution in [3.05, 3.63) is 46.2 Å². The van der Waals surface area contributed by atoms with Crippen molar-refractivity contribution >= 4 is 39.5 Å². The molecule has 1 aliphatic heterocycles. The largest absolute Gasteiger partial charge is 0.433 e. The number of benzene rings is 1. The minimum absolute atomic E-state index is 0.00961. The molecule has 1 aliphatic rings. The van der Waals surface area contributed by atoms with Crippen LogP contribution in [0.1, 0.15) is 38.5 Å². The fourth-order valence-corrected chi connectivity index (χ4v) is 4.91. The van der Waals surface area contributed by atoms with Gasteiger partial charge in [-0.3, -0.25) is 14.0 Å². The molecular formula is C21H23F3N6O2S. The normalized spacial score (nSPS) is 15.2. The number of hydrogen-bond acceptors (Lipinski definition) is 6. The predicted octanol–water partition coefficient (Wildman–Crippen LogP) is 3.08. The number of anilines is 2. The standard InChI is InChI=1S/C21H23F3N6O2S/c1-3-14-26-18(20-30(14)16(21(22,23)24)15(33-20)17(25)31)27-19(32)12-4-6-13(7-5-12)29-10-8-28(2)9-11-29/h4-7H,3,8-11H2,1-2H3,(H2,25,31)(H,27,32). The Kier molecular flexibility index (Phi) is 6.06. The molecule has 2 amide bonds. The summed E-state index contributed by atoms with van der Waals surface area (Å²) in [4.78, 5) is 32.5. The summed E-state index contributed by atoms with van der Waals surface area (Å²) < 4.78 is 41.9. The second-order valence-electron chi connectivity index (χ2n) is 7.80. The van der Waals surface area contributed by atoms with Gasteiger partial charge >= 0.3 is 6.18 Å². The van der Waals surface area contributed by atoms with Crippen LogP contribution in [0.3, 0.4) is 0 Å². The molecule has 8 nitrogen and oxygen atoms in total. The van der Waals surface area contributed by atoms with Crippen molar-refractivity contribution in [2.24, 2.45) is 5.73 Å². The van der Waals surface area contributed by atoms with Crippen molar-refractivity contribution in [2.75, 3.05) is 43.4 Å². The predicted molar refractivity (Wildman–Crippen MR) is 120 cm³/mol. The number of nitrogens with one attached hydrogen (secondary N) is 1. The summed E-state index contributed by atoms with van der Waals surface area (Å²) >= 11 is 0.561. The summed E-state index contributed by atoms with van der Waals surface area (Å²) in [5.41, 5.74) is 5.36. The van der Waals surface area contributed by atoms with Crippen molar-refractivity contribution in [1.82, 2.24) is 14.3 Å². The summed E-state index contributed by atoms with van der Waals surface area (Å²) in [5, 5.41) is 2.59. The maximum atomic E-state index is 13.7. The molecular weight excluding hydrogens is 457 g/mol. The molecule has 3 heterocycles. The van der Waals surface area contributed by atoms with Crippen molar-refractivity contribution in [3.8, 4) is 0 Å². The number of piperazine rings is 1. The molecule has 0 radical (unpaired) electrons. The van der Waals surface area contributed by atoms with Gasteiger partial charge in [0.25, 0.3) is 11.8 Å². The maximum Gasteiger partial charge on any atom is 0.433 e. The molecule has 0 saturated carbocycles. The first-order valence-electron chi connectivity index (χ1n) is 10.4. The summed E-state index contributed by atoms with van der Waals surface area (Å²) in [7, 11) is 2.07. The number of alkyl halides is 3. The molecule has 1 aromatic carbocycles. The Labute approximate surface area is 191 Å². The average molecular weight is 481 g/mol. The number of carbonyl (C=O) groups is 2. The lowest BCUT2D eigenvalue weighted by atomic mass is 10.1. The fraction of sp³-hybridized carbons (Fsp3) is 0.381. The number of aryl methyl sites for hydroxylation is 1. The molecule has 1 saturated heterocycles. The summed E-state index contributed by atoms with van der Waals surface area (Å²) in [6.07, 6.45) is -4.65. The third-order valence-electron chi connectivity index (χ3n) is 5.58. The molecule has 176 valence electrons. The van der Waals surface area contributed by atoms with Gasteiger partial charge in [-0.1, -0.05) is 6.92 Å². The number of hydrogen-bond donors (Lipinski definition) is 2. The molecule has 0 spiro atoms. The highest BCUT2D eigenvalue weighted by Gasteiger charge is 2.41. The zero-order valence-electron chi connectivity index (χ0n) is 18.1. The molecule has 0 aliphatic carbocycles. The molecule has 4 rings (SSSR count). The number of halogens is 3. The Morgan fingerprint density at radius 2 is 1.79 bits per heavy atom. The second-order valence-corrected chi connectivity index (χ2v) is 8.80. The number of imidazole rings is 1. The van der Waals surface area contributed by atoms with Crippen LogP contribution in [-0.2, 0) is 12.6 Å². The topological polar surface area (TPSA) is 96.0 Å². The highest BCUT2D eigenvalue weighted by molar-refractivity contribution is 7.20. The van der Waals surface area contributed by atoms with Gasteiger partial charge in [-0.2, -0.15) is 13.2 Å². The van der Waals surface area contributed by atoms with Gasteiger partial charge in [-0.15, -0.1) is 11.3 Å². The highest BCUT2D eigenvalue weighted by atomic mass is 32.1. The smallest absolute Gasteiger partial charge is 0.369 e. The third-order valence-corrected chi connectivity index (χ3v) is 6.75. The molecule has 2 aromatic heterocycles. The SMILES string of the molecule is CCc1nc(NC(=O)c2ccc(N3CCN(C)CC3)cc2)c2sc(C(N)=O)c(C(F)(F)F)n12. The van der Waals surface area contributed by atoms with E-state index in [1.807, 2.05) is 12.1 Å². The fourth-order valence-electron chi connectivity index (χ4n) is 3.83. The zero-order valence-corrected chi connectivity index (χ0v) is 18.9. The van der Waals surface area contributed by atoms with Crippen LogP contribution >= 0.6 is 11.3 Å². The summed E-state index contributed by atoms with van der Waals surface area (Å²) in [5.74, 6) is -1.66. The van der Waals surface area contributed by atoms with Gasteiger partial charge < -0.3 is 20.9 Å². The molecule has 12 heteroatoms. The average Bonchev–Trinajstić information content (AvgIpc) is 3.32. The van der Waals surface area contributed by atoms with Gasteiger partial charge in [0, 0.05) is 43.9 Å². The molecule has 0 bridgehead atoms. The van der Waals surface area contributed by atoms with Crippen LogP contribution in [0.5, 0.6) is 0 Å². The maximum absolute atomic E-state index is 13.7. The van der Waals surface area contributed by atoms with Gasteiger partial charge in [-0.25, -0.2) is 4.98 Å². The minimum Gasteiger partial charge on any atom is -0.369 e. The molecule has 1 fully saturated rings. The Morgan fingerprint density at radius 1 is 1.15 bits per heavy atom. The van der Waals surface area contributed by atoms with E-state index in [1.54, 1.807) is 19.1 Å². The Hall–Kier alpha value is -3.12. The van der Waals surface area contributed by atoms with E-state index >= 15 is 0 Å². The van der Waals surface area contributed by atoms with Gasteiger partial charge in [0.15, 0.2) is 11.5 Å². The van der Waals surface area contributed by atoms with E-state index in [-0.39, 0.29) is 22.9 Å². The Bertz CT molecular complexity index is 1190. The zero-order chi connectivity index (χ0) is 23.9. The van der Waals surface area contributed by atoms with E-state index in [0.717, 1.165) is 36.3 Å². The van der Waals surface area contributed by atoms with E-state index in [1.165, 1.54) is 0 Å². The van der Waals surface area contributed by atoms with Crippen LogP contribution in [0.15, 0.2) is 24.3 Å². The lowest BCUT2D eigenvalue weighted by Gasteiger charge is -2.34. The van der Waals surface area contributed by atoms with Crippen LogP contribution in [0, 0.1) is 0 Å². The minimum atomic E-state index is -4.81. The molecule has 3 N–H and O–H groups in total. The second kappa shape index (κ2) is 8.67. The summed E-state index contributed by atoms with van der Waals surface area (Å²) in [6.45, 7) is 5.31. The lowest BCUT2D eigenvalue weighted by molar-refractivity contribution is -0.142. The van der Waals surface area contributed by atoms with E-state index in [9.17, 15) is 22.8 Å². The van der Waals surface area contributed by atoms with Crippen molar-refractivity contribution in [3.63, 3.8) is 0 Å². The van der Waals surface area contributed by atoms with E-state index in [2.05, 4.69) is 27.1 Å². The van der Waals surface area contributed by atoms with Crippen LogP contribution in [0.2, 0.25) is 0 Å². The number of carbonyl (C=O) groups excluding carboxylic acids is 2. The summed E-state index contributed by atoms with van der Waals surface area (Å²) in [6, 6.07) is 7.03. The molecule has 0 unspecified atom stereocenters. The molecule has 3 aromatic rings. The number of thiazole rings is 1. The van der Waals surface area contributed by atoms with E-state index in [0.29, 0.717) is 16.9 Å². The van der Waals surface area contributed by atoms with Gasteiger partial charge in [0.1, 0.15) is 15.5 Å². The highest BCUT2D eigenvalue weighted by Crippen LogP contribution is 2.40. The van der Waals surface area contributed by atoms with Crippen LogP contribution < -0.4 is 16.0 Å². The van der Waals surface area contributed by atoms with Crippen molar-refractivity contribution in [2.45, 2.75) is 19.5 Å². The first kappa shape index (κ1) is 23.1. The number of primary amides is 1. The third kappa shape index (κ3) is 4.40. The van der Waals surface area contributed by atoms with E-state index < -0.39 is 28.6 Å². The van der Waals surface area contributed by atoms with E-state index in [4.69, 9.17) is 5.73 Å². The van der Waals surface area contributed by atoms with Crippen molar-refractivity contribution in [1.29, 1.82) is 0 Å². The Morgan fingerprint density at radius 3 is 2.33 bits per heavy atom. The molecule has 0 atom stereocenters.